The molecule has 1 aliphatic carbocycles. The quantitative estimate of drug-likeness (QED) is 0.758. The lowest BCUT2D eigenvalue weighted by atomic mass is 10.1. The molecule has 0 aromatic heterocycles. The summed E-state index contributed by atoms with van der Waals surface area (Å²) in [5.41, 5.74) is 0.665. The molecule has 1 amide bonds. The summed E-state index contributed by atoms with van der Waals surface area (Å²) in [6, 6.07) is 5.77. The van der Waals surface area contributed by atoms with Crippen molar-refractivity contribution in [3.63, 3.8) is 0 Å². The normalized spacial score (nSPS) is 23.1. The lowest BCUT2D eigenvalue weighted by Gasteiger charge is -2.19. The van der Waals surface area contributed by atoms with E-state index in [-0.39, 0.29) is 11.9 Å². The number of carbonyl (C=O) groups is 1. The molecule has 2 unspecified atom stereocenters. The molecule has 0 aliphatic heterocycles. The molecule has 1 N–H and O–H groups in total. The van der Waals surface area contributed by atoms with Gasteiger partial charge in [-0.15, -0.1) is 11.6 Å². The second-order valence-corrected chi connectivity index (χ2v) is 6.63. The molecule has 5 heteroatoms. The Morgan fingerprint density at radius 1 is 1.39 bits per heavy atom. The Labute approximate surface area is 129 Å². The molecule has 18 heavy (non-hydrogen) atoms. The third-order valence-electron chi connectivity index (χ3n) is 3.35. The highest BCUT2D eigenvalue weighted by Gasteiger charge is 2.28. The lowest BCUT2D eigenvalue weighted by Crippen LogP contribution is -2.38. The van der Waals surface area contributed by atoms with Crippen molar-refractivity contribution in [3.8, 4) is 0 Å². The van der Waals surface area contributed by atoms with Crippen molar-refractivity contribution in [2.24, 2.45) is 5.92 Å². The highest BCUT2D eigenvalue weighted by Crippen LogP contribution is 2.28. The molecule has 98 valence electrons. The monoisotopic (exact) mass is 393 g/mol. The second kappa shape index (κ2) is 6.40. The van der Waals surface area contributed by atoms with Gasteiger partial charge in [0.25, 0.3) is 5.91 Å². The fourth-order valence-corrected chi connectivity index (χ4v) is 3.93. The first-order valence-corrected chi connectivity index (χ1v) is 8.05. The summed E-state index contributed by atoms with van der Waals surface area (Å²) >= 11 is 12.7. The van der Waals surface area contributed by atoms with Crippen LogP contribution in [-0.4, -0.2) is 17.8 Å². The van der Waals surface area contributed by atoms with Crippen molar-refractivity contribution < 1.29 is 4.79 Å². The van der Waals surface area contributed by atoms with Crippen LogP contribution < -0.4 is 5.32 Å². The summed E-state index contributed by atoms with van der Waals surface area (Å²) in [5, 5.41) is 3.09. The van der Waals surface area contributed by atoms with Crippen LogP contribution in [0.4, 0.5) is 0 Å². The summed E-state index contributed by atoms with van der Waals surface area (Å²) in [6.07, 6.45) is 3.27. The van der Waals surface area contributed by atoms with E-state index < -0.39 is 0 Å². The Kier molecular flexibility index (Phi) is 5.10. The van der Waals surface area contributed by atoms with Crippen LogP contribution >= 0.6 is 43.5 Å². The first-order valence-electron chi connectivity index (χ1n) is 5.93. The number of benzene rings is 1. The van der Waals surface area contributed by atoms with E-state index in [0.717, 1.165) is 28.2 Å². The molecule has 1 aliphatic rings. The van der Waals surface area contributed by atoms with Crippen LogP contribution in [0.25, 0.3) is 0 Å². The van der Waals surface area contributed by atoms with Gasteiger partial charge in [-0.3, -0.25) is 4.79 Å². The standard InChI is InChI=1S/C13H14Br2ClNO/c14-9-4-5-10(11(15)6-9)13(18)17-12-3-1-2-8(12)7-16/h4-6,8,12H,1-3,7H2,(H,17,18). The molecular formula is C13H14Br2ClNO. The minimum atomic E-state index is -0.0311. The van der Waals surface area contributed by atoms with Crippen molar-refractivity contribution in [2.75, 3.05) is 5.88 Å². The van der Waals surface area contributed by atoms with Gasteiger partial charge in [0.15, 0.2) is 0 Å². The maximum absolute atomic E-state index is 12.2. The smallest absolute Gasteiger partial charge is 0.252 e. The number of alkyl halides is 1. The van der Waals surface area contributed by atoms with Crippen LogP contribution in [0.5, 0.6) is 0 Å². The van der Waals surface area contributed by atoms with E-state index in [9.17, 15) is 4.79 Å². The molecule has 1 fully saturated rings. The molecule has 0 spiro atoms. The SMILES string of the molecule is O=C(NC1CCCC1CCl)c1ccc(Br)cc1Br. The predicted octanol–water partition coefficient (Wildman–Crippen LogP) is 4.35. The second-order valence-electron chi connectivity index (χ2n) is 4.55. The average Bonchev–Trinajstić information content (AvgIpc) is 2.76. The maximum Gasteiger partial charge on any atom is 0.252 e. The summed E-state index contributed by atoms with van der Waals surface area (Å²) in [7, 11) is 0. The molecule has 0 bridgehead atoms. The van der Waals surface area contributed by atoms with Crippen molar-refractivity contribution in [1.82, 2.24) is 5.32 Å². The van der Waals surface area contributed by atoms with Gasteiger partial charge in [0.2, 0.25) is 0 Å². The van der Waals surface area contributed by atoms with Gasteiger partial charge in [0.05, 0.1) is 5.56 Å². The Balaban J connectivity index is 2.07. The third-order valence-corrected chi connectivity index (χ3v) is 4.90. The van der Waals surface area contributed by atoms with Crippen LogP contribution in [0.2, 0.25) is 0 Å². The number of hydrogen-bond acceptors (Lipinski definition) is 1. The first kappa shape index (κ1) is 14.4. The van der Waals surface area contributed by atoms with Gasteiger partial charge in [-0.2, -0.15) is 0 Å². The van der Waals surface area contributed by atoms with Crippen molar-refractivity contribution in [3.05, 3.63) is 32.7 Å². The summed E-state index contributed by atoms with van der Waals surface area (Å²) in [6.45, 7) is 0. The zero-order chi connectivity index (χ0) is 13.1. The van der Waals surface area contributed by atoms with Gasteiger partial charge in [-0.25, -0.2) is 0 Å². The third kappa shape index (κ3) is 3.28. The van der Waals surface area contributed by atoms with Crippen LogP contribution in [-0.2, 0) is 0 Å². The van der Waals surface area contributed by atoms with E-state index in [0.29, 0.717) is 17.4 Å². The minimum absolute atomic E-state index is 0.0311. The number of hydrogen-bond donors (Lipinski definition) is 1. The highest BCUT2D eigenvalue weighted by atomic mass is 79.9. The molecule has 0 radical (unpaired) electrons. The van der Waals surface area contributed by atoms with Crippen LogP contribution in [0.3, 0.4) is 0 Å². The van der Waals surface area contributed by atoms with E-state index in [2.05, 4.69) is 37.2 Å². The molecule has 1 saturated carbocycles. The van der Waals surface area contributed by atoms with Crippen LogP contribution in [0.1, 0.15) is 29.6 Å². The fourth-order valence-electron chi connectivity index (χ4n) is 2.33. The van der Waals surface area contributed by atoms with Crippen LogP contribution in [0.15, 0.2) is 27.1 Å². The fraction of sp³-hybridized carbons (Fsp3) is 0.462. The number of halogens is 3. The van der Waals surface area contributed by atoms with Crippen molar-refractivity contribution in [1.29, 1.82) is 0 Å². The van der Waals surface area contributed by atoms with E-state index in [1.54, 1.807) is 0 Å². The molecule has 0 heterocycles. The summed E-state index contributed by atoms with van der Waals surface area (Å²) in [4.78, 5) is 12.2. The topological polar surface area (TPSA) is 29.1 Å². The molecule has 0 saturated heterocycles. The largest absolute Gasteiger partial charge is 0.349 e. The number of amides is 1. The van der Waals surface area contributed by atoms with E-state index in [1.165, 1.54) is 0 Å². The van der Waals surface area contributed by atoms with Crippen molar-refractivity contribution >= 4 is 49.4 Å². The van der Waals surface area contributed by atoms with Gasteiger partial charge in [0.1, 0.15) is 0 Å². The van der Waals surface area contributed by atoms with E-state index in [4.69, 9.17) is 11.6 Å². The predicted molar refractivity (Wildman–Crippen MR) is 81.2 cm³/mol. The molecule has 1 aromatic rings. The lowest BCUT2D eigenvalue weighted by molar-refractivity contribution is 0.0929. The Hall–Kier alpha value is -0.0600. The minimum Gasteiger partial charge on any atom is -0.349 e. The number of rotatable bonds is 3. The van der Waals surface area contributed by atoms with E-state index in [1.807, 2.05) is 18.2 Å². The van der Waals surface area contributed by atoms with Crippen molar-refractivity contribution in [2.45, 2.75) is 25.3 Å². The Morgan fingerprint density at radius 2 is 2.17 bits per heavy atom. The molecule has 2 nitrogen and oxygen atoms in total. The van der Waals surface area contributed by atoms with Gasteiger partial charge in [0, 0.05) is 20.9 Å². The van der Waals surface area contributed by atoms with E-state index >= 15 is 0 Å². The molecular weight excluding hydrogens is 381 g/mol. The van der Waals surface area contributed by atoms with Gasteiger partial charge < -0.3 is 5.32 Å². The molecule has 2 atom stereocenters. The molecule has 1 aromatic carbocycles. The zero-order valence-electron chi connectivity index (χ0n) is 9.76. The van der Waals surface area contributed by atoms with Gasteiger partial charge >= 0.3 is 0 Å². The van der Waals surface area contributed by atoms with Gasteiger partial charge in [-0.05, 0) is 52.9 Å². The van der Waals surface area contributed by atoms with Gasteiger partial charge in [-0.1, -0.05) is 22.4 Å². The number of nitrogens with one attached hydrogen (secondary N) is 1. The first-order chi connectivity index (χ1) is 8.61. The highest BCUT2D eigenvalue weighted by molar-refractivity contribution is 9.11. The zero-order valence-corrected chi connectivity index (χ0v) is 13.7. The molecule has 2 rings (SSSR count). The average molecular weight is 396 g/mol. The summed E-state index contributed by atoms with van der Waals surface area (Å²) < 4.78 is 1.75. The maximum atomic E-state index is 12.2. The summed E-state index contributed by atoms with van der Waals surface area (Å²) in [5.74, 6) is 0.994. The van der Waals surface area contributed by atoms with Crippen LogP contribution in [0, 0.1) is 5.92 Å². The Bertz CT molecular complexity index is 453. The Morgan fingerprint density at radius 3 is 2.83 bits per heavy atom. The number of carbonyl (C=O) groups excluding carboxylic acids is 1.